The maximum atomic E-state index is 11.3. The van der Waals surface area contributed by atoms with E-state index in [0.717, 1.165) is 32.1 Å². The van der Waals surface area contributed by atoms with Crippen molar-refractivity contribution in [1.29, 1.82) is 0 Å². The van der Waals surface area contributed by atoms with Crippen LogP contribution in [0.15, 0.2) is 0 Å². The second-order valence-electron chi connectivity index (χ2n) is 9.98. The Hall–Kier alpha value is -0.650. The van der Waals surface area contributed by atoms with Crippen LogP contribution >= 0.6 is 0 Å². The molecule has 0 aliphatic heterocycles. The van der Waals surface area contributed by atoms with Crippen LogP contribution in [0.25, 0.3) is 0 Å². The summed E-state index contributed by atoms with van der Waals surface area (Å²) in [5.41, 5.74) is -2.11. The zero-order valence-corrected chi connectivity index (χ0v) is 15.8. The quantitative estimate of drug-likeness (QED) is 0.608. The topological polar surface area (TPSA) is 98.0 Å². The van der Waals surface area contributed by atoms with Crippen molar-refractivity contribution in [2.24, 2.45) is 28.6 Å². The van der Waals surface area contributed by atoms with Crippen LogP contribution in [0.5, 0.6) is 0 Å². The van der Waals surface area contributed by atoms with E-state index < -0.39 is 17.2 Å². The van der Waals surface area contributed by atoms with Crippen molar-refractivity contribution < 1.29 is 25.2 Å². The van der Waals surface area contributed by atoms with Gasteiger partial charge in [0.05, 0.1) is 17.8 Å². The summed E-state index contributed by atoms with van der Waals surface area (Å²) >= 11 is 0. The number of aliphatic hydroxyl groups is 3. The molecule has 6 atom stereocenters. The molecule has 3 rings (SSSR count). The SMILES string of the molecule is CC(C)(O)C1CCC23CC(CCC2C1(C)CCC(=O)O)C(O)(CO)C3. The molecule has 3 saturated carbocycles. The van der Waals surface area contributed by atoms with Gasteiger partial charge in [0.15, 0.2) is 0 Å². The van der Waals surface area contributed by atoms with Crippen molar-refractivity contribution in [2.45, 2.75) is 83.3 Å². The zero-order chi connectivity index (χ0) is 18.7. The maximum absolute atomic E-state index is 11.3. The molecule has 0 amide bonds. The lowest BCUT2D eigenvalue weighted by molar-refractivity contribution is -0.158. The Bertz CT molecular complexity index is 541. The van der Waals surface area contributed by atoms with Gasteiger partial charge in [0.2, 0.25) is 0 Å². The lowest BCUT2D eigenvalue weighted by atomic mass is 9.45. The third kappa shape index (κ3) is 2.92. The minimum Gasteiger partial charge on any atom is -0.481 e. The predicted octanol–water partition coefficient (Wildman–Crippen LogP) is 2.57. The smallest absolute Gasteiger partial charge is 0.303 e. The van der Waals surface area contributed by atoms with E-state index in [0.29, 0.717) is 18.8 Å². The van der Waals surface area contributed by atoms with Crippen molar-refractivity contribution in [2.75, 3.05) is 6.61 Å². The molecule has 3 aliphatic rings. The lowest BCUT2D eigenvalue weighted by Crippen LogP contribution is -2.56. The average molecular weight is 354 g/mol. The monoisotopic (exact) mass is 354 g/mol. The number of hydrogen-bond donors (Lipinski definition) is 4. The molecule has 0 saturated heterocycles. The molecule has 5 heteroatoms. The Labute approximate surface area is 150 Å². The fraction of sp³-hybridized carbons (Fsp3) is 0.950. The van der Waals surface area contributed by atoms with Gasteiger partial charge in [0.25, 0.3) is 0 Å². The van der Waals surface area contributed by atoms with Crippen LogP contribution in [0.1, 0.15) is 72.1 Å². The lowest BCUT2D eigenvalue weighted by Gasteiger charge is -2.60. The van der Waals surface area contributed by atoms with Crippen molar-refractivity contribution in [3.8, 4) is 0 Å². The normalized spacial score (nSPS) is 46.7. The molecule has 0 aromatic heterocycles. The summed E-state index contributed by atoms with van der Waals surface area (Å²) in [5.74, 6) is -0.297. The van der Waals surface area contributed by atoms with Gasteiger partial charge >= 0.3 is 5.97 Å². The Morgan fingerprint density at radius 3 is 2.48 bits per heavy atom. The standard InChI is InChI=1S/C20H34O5/c1-17(2,24)14-6-9-19-10-13(20(25,11-19)12-21)4-5-15(19)18(14,3)8-7-16(22)23/h13-15,21,24-25H,4-12H2,1-3H3,(H,22,23). The number of aliphatic carboxylic acids is 1. The second kappa shape index (κ2) is 5.93. The first-order valence-electron chi connectivity index (χ1n) is 9.74. The minimum absolute atomic E-state index is 0.0185. The molecule has 0 heterocycles. The van der Waals surface area contributed by atoms with Gasteiger partial charge in [-0.15, -0.1) is 0 Å². The summed E-state index contributed by atoms with van der Waals surface area (Å²) < 4.78 is 0. The van der Waals surface area contributed by atoms with Gasteiger partial charge in [-0.1, -0.05) is 6.92 Å². The number of carboxylic acid groups (broad SMARTS) is 1. The molecule has 3 fully saturated rings. The highest BCUT2D eigenvalue weighted by Crippen LogP contribution is 2.70. The summed E-state index contributed by atoms with van der Waals surface area (Å²) in [5, 5.41) is 40.8. The van der Waals surface area contributed by atoms with Gasteiger partial charge in [0, 0.05) is 6.42 Å². The molecule has 4 N–H and O–H groups in total. The summed E-state index contributed by atoms with van der Waals surface area (Å²) in [7, 11) is 0. The molecule has 0 radical (unpaired) electrons. The third-order valence-corrected chi connectivity index (χ3v) is 8.14. The molecule has 5 nitrogen and oxygen atoms in total. The van der Waals surface area contributed by atoms with Crippen LogP contribution in [0.2, 0.25) is 0 Å². The number of hydrogen-bond acceptors (Lipinski definition) is 4. The summed E-state index contributed by atoms with van der Waals surface area (Å²) in [6.07, 6.45) is 5.86. The Kier molecular flexibility index (Phi) is 4.54. The fourth-order valence-electron chi connectivity index (χ4n) is 7.29. The molecular weight excluding hydrogens is 320 g/mol. The largest absolute Gasteiger partial charge is 0.481 e. The highest BCUT2D eigenvalue weighted by Gasteiger charge is 2.66. The van der Waals surface area contributed by atoms with E-state index in [-0.39, 0.29) is 35.7 Å². The molecule has 0 aromatic carbocycles. The molecule has 3 aliphatic carbocycles. The number of fused-ring (bicyclic) bond motifs is 1. The van der Waals surface area contributed by atoms with Gasteiger partial charge in [-0.05, 0) is 87.4 Å². The van der Waals surface area contributed by atoms with E-state index in [1.54, 1.807) is 0 Å². The van der Waals surface area contributed by atoms with Gasteiger partial charge in [0.1, 0.15) is 0 Å². The highest BCUT2D eigenvalue weighted by atomic mass is 16.4. The van der Waals surface area contributed by atoms with Gasteiger partial charge in [-0.3, -0.25) is 4.79 Å². The minimum atomic E-state index is -0.982. The van der Waals surface area contributed by atoms with E-state index >= 15 is 0 Å². The highest BCUT2D eigenvalue weighted by molar-refractivity contribution is 5.66. The summed E-state index contributed by atoms with van der Waals surface area (Å²) in [6, 6.07) is 0. The molecule has 2 bridgehead atoms. The van der Waals surface area contributed by atoms with Crippen LogP contribution in [0, 0.1) is 28.6 Å². The van der Waals surface area contributed by atoms with Crippen molar-refractivity contribution in [1.82, 2.24) is 0 Å². The predicted molar refractivity (Wildman–Crippen MR) is 93.9 cm³/mol. The first-order chi connectivity index (χ1) is 11.5. The first kappa shape index (κ1) is 19.1. The Morgan fingerprint density at radius 2 is 1.92 bits per heavy atom. The van der Waals surface area contributed by atoms with E-state index in [2.05, 4.69) is 6.92 Å². The van der Waals surface area contributed by atoms with Crippen molar-refractivity contribution >= 4 is 5.97 Å². The molecular formula is C20H34O5. The molecule has 0 aromatic rings. The van der Waals surface area contributed by atoms with Crippen LogP contribution in [0.3, 0.4) is 0 Å². The van der Waals surface area contributed by atoms with Crippen molar-refractivity contribution in [3.63, 3.8) is 0 Å². The van der Waals surface area contributed by atoms with E-state index in [1.807, 2.05) is 13.8 Å². The first-order valence-corrected chi connectivity index (χ1v) is 9.74. The molecule has 144 valence electrons. The molecule has 25 heavy (non-hydrogen) atoms. The maximum Gasteiger partial charge on any atom is 0.303 e. The molecule has 6 unspecified atom stereocenters. The van der Waals surface area contributed by atoms with Gasteiger partial charge < -0.3 is 20.4 Å². The van der Waals surface area contributed by atoms with Crippen LogP contribution in [0.4, 0.5) is 0 Å². The zero-order valence-electron chi connectivity index (χ0n) is 15.8. The Morgan fingerprint density at radius 1 is 1.24 bits per heavy atom. The number of rotatable bonds is 5. The summed E-state index contributed by atoms with van der Waals surface area (Å²) in [4.78, 5) is 11.3. The number of carboxylic acids is 1. The second-order valence-corrected chi connectivity index (χ2v) is 9.98. The van der Waals surface area contributed by atoms with E-state index in [9.17, 15) is 25.2 Å². The number of aliphatic hydroxyl groups excluding tert-OH is 1. The Balaban J connectivity index is 1.98. The van der Waals surface area contributed by atoms with Crippen LogP contribution in [-0.4, -0.2) is 44.2 Å². The van der Waals surface area contributed by atoms with Crippen molar-refractivity contribution in [3.05, 3.63) is 0 Å². The number of carbonyl (C=O) groups is 1. The van der Waals surface area contributed by atoms with E-state index in [1.165, 1.54) is 0 Å². The summed E-state index contributed by atoms with van der Waals surface area (Å²) in [6.45, 7) is 5.67. The van der Waals surface area contributed by atoms with E-state index in [4.69, 9.17) is 0 Å². The fourth-order valence-corrected chi connectivity index (χ4v) is 7.29. The third-order valence-electron chi connectivity index (χ3n) is 8.14. The average Bonchev–Trinajstić information content (AvgIpc) is 2.71. The van der Waals surface area contributed by atoms with Crippen LogP contribution in [-0.2, 0) is 4.79 Å². The van der Waals surface area contributed by atoms with Gasteiger partial charge in [-0.25, -0.2) is 0 Å². The van der Waals surface area contributed by atoms with Crippen LogP contribution < -0.4 is 0 Å². The molecule has 1 spiro atoms. The van der Waals surface area contributed by atoms with Gasteiger partial charge in [-0.2, -0.15) is 0 Å².